The number of aromatic hydroxyl groups is 1. The van der Waals surface area contributed by atoms with Gasteiger partial charge in [-0.15, -0.1) is 9.15 Å². The second kappa shape index (κ2) is 36.2. The topological polar surface area (TPSA) is 273 Å². The number of amidine groups is 4. The summed E-state index contributed by atoms with van der Waals surface area (Å²) in [5.41, 5.74) is 21.0. The van der Waals surface area contributed by atoms with Crippen LogP contribution in [0.1, 0.15) is 293 Å². The molecule has 14 aromatic rings. The highest BCUT2D eigenvalue weighted by molar-refractivity contribution is 6.29. The number of carbonyl (C=O) groups excluding carboxylic acids is 7. The average Bonchev–Trinajstić information content (AvgIpc) is 1.46. The molecule has 0 bridgehead atoms. The van der Waals surface area contributed by atoms with E-state index in [1.165, 1.54) is 4.90 Å². The second-order valence-electron chi connectivity index (χ2n) is 46.0. The first-order chi connectivity index (χ1) is 66.3. The molecule has 11 aliphatic rings. The smallest absolute Gasteiger partial charge is 0.404 e. The summed E-state index contributed by atoms with van der Waals surface area (Å²) >= 11 is 0. The van der Waals surface area contributed by atoms with Crippen LogP contribution in [0.3, 0.4) is 0 Å². The van der Waals surface area contributed by atoms with Gasteiger partial charge in [-0.25, -0.2) is 9.89 Å². The number of imide groups is 1. The summed E-state index contributed by atoms with van der Waals surface area (Å²) < 4.78 is 9.32. The number of H-pyrrole nitrogens is 1. The summed E-state index contributed by atoms with van der Waals surface area (Å²) in [7, 11) is 0. The monoisotopic (exact) mass is 1880 g/mol. The van der Waals surface area contributed by atoms with E-state index >= 15 is 0 Å². The Morgan fingerprint density at radius 3 is 1.23 bits per heavy atom. The lowest BCUT2D eigenvalue weighted by molar-refractivity contribution is -0.790. The van der Waals surface area contributed by atoms with Crippen LogP contribution in [-0.4, -0.2) is 109 Å². The lowest BCUT2D eigenvalue weighted by Gasteiger charge is -2.40. The molecule has 1 spiro atoms. The van der Waals surface area contributed by atoms with Gasteiger partial charge in [0.2, 0.25) is 40.3 Å². The second-order valence-corrected chi connectivity index (χ2v) is 46.0. The number of hydrogen-bond acceptors (Lipinski definition) is 14. The zero-order valence-corrected chi connectivity index (χ0v) is 85.1. The minimum absolute atomic E-state index is 0.0385. The molecule has 0 unspecified atom stereocenters. The fourth-order valence-electron chi connectivity index (χ4n) is 18.6. The fraction of sp³-hybridized carbons (Fsp3) is 0.303. The number of hydrogen-bond donors (Lipinski definition) is 4. The number of amides is 4. The number of rotatable bonds is 2. The van der Waals surface area contributed by atoms with E-state index in [1.807, 2.05) is 133 Å². The van der Waals surface area contributed by atoms with Crippen molar-refractivity contribution in [3.8, 4) is 5.88 Å². The summed E-state index contributed by atoms with van der Waals surface area (Å²) in [6.07, 6.45) is 1.95. The van der Waals surface area contributed by atoms with Gasteiger partial charge >= 0.3 is 5.91 Å². The fourth-order valence-corrected chi connectivity index (χ4v) is 18.6. The molecule has 13 heterocycles. The number of aromatic amines is 1. The summed E-state index contributed by atoms with van der Waals surface area (Å²) in [6, 6.07) is 79.2. The molecule has 2 aliphatic carbocycles. The largest absolute Gasteiger partial charge is 0.494 e. The maximum Gasteiger partial charge on any atom is 0.404 e. The number of nitrogens with zero attached hydrogens (tertiary/aromatic N) is 11. The van der Waals surface area contributed by atoms with E-state index in [0.717, 1.165) is 152 Å². The first kappa shape index (κ1) is 97.5. The molecular weight excluding hydrogens is 1750 g/mol. The Morgan fingerprint density at radius 2 is 0.794 bits per heavy atom. The van der Waals surface area contributed by atoms with Crippen molar-refractivity contribution in [2.24, 2.45) is 46.6 Å². The highest BCUT2D eigenvalue weighted by Crippen LogP contribution is 2.53. The van der Waals surface area contributed by atoms with Gasteiger partial charge in [0.15, 0.2) is 23.2 Å². The van der Waals surface area contributed by atoms with Crippen LogP contribution in [0.4, 0.5) is 28.7 Å². The molecule has 0 atom stereocenters. The molecule has 1 fully saturated rings. The Kier molecular flexibility index (Phi) is 25.0. The third-order valence-corrected chi connectivity index (χ3v) is 24.2. The number of anilines is 3. The molecule has 10 aromatic carbocycles. The first-order valence-corrected chi connectivity index (χ1v) is 48.3. The van der Waals surface area contributed by atoms with Crippen LogP contribution >= 0.6 is 0 Å². The van der Waals surface area contributed by atoms with E-state index in [1.54, 1.807) is 54.6 Å². The van der Waals surface area contributed by atoms with Crippen molar-refractivity contribution in [3.05, 3.63) is 348 Å². The Bertz CT molecular complexity index is 7530. The van der Waals surface area contributed by atoms with Crippen molar-refractivity contribution in [1.82, 2.24) is 19.1 Å². The lowest BCUT2D eigenvalue weighted by atomic mass is 9.84. The number of ketones is 3. The van der Waals surface area contributed by atoms with Crippen LogP contribution in [0.25, 0.3) is 32.4 Å². The van der Waals surface area contributed by atoms with Crippen molar-refractivity contribution in [2.75, 3.05) is 15.5 Å². The van der Waals surface area contributed by atoms with Crippen molar-refractivity contribution < 1.29 is 47.8 Å². The van der Waals surface area contributed by atoms with Crippen molar-refractivity contribution in [3.63, 3.8) is 0 Å². The molecule has 22 nitrogen and oxygen atoms in total. The van der Waals surface area contributed by atoms with Crippen molar-refractivity contribution in [2.45, 2.75) is 214 Å². The number of carbonyl (C=O) groups is 7. The number of benzene rings is 10. The Morgan fingerprint density at radius 1 is 0.383 bits per heavy atom. The Hall–Kier alpha value is -15.2. The first-order valence-electron chi connectivity index (χ1n) is 48.3. The van der Waals surface area contributed by atoms with Crippen LogP contribution < -0.4 is 26.5 Å². The van der Waals surface area contributed by atoms with E-state index in [4.69, 9.17) is 25.0 Å². The maximum atomic E-state index is 12.1. The van der Waals surface area contributed by atoms with Gasteiger partial charge in [0.1, 0.15) is 0 Å². The lowest BCUT2D eigenvalue weighted by Crippen LogP contribution is -2.71. The van der Waals surface area contributed by atoms with Gasteiger partial charge in [-0.1, -0.05) is 335 Å². The molecule has 25 rings (SSSR count). The van der Waals surface area contributed by atoms with Gasteiger partial charge in [-0.3, -0.25) is 38.5 Å². The minimum atomic E-state index is -0.923. The molecule has 22 heteroatoms. The number of nitrogens with one attached hydrogen (secondary N) is 3. The summed E-state index contributed by atoms with van der Waals surface area (Å²) in [5.74, 6) is 4.09. The van der Waals surface area contributed by atoms with Gasteiger partial charge < -0.3 is 20.7 Å². The molecule has 141 heavy (non-hydrogen) atoms. The zero-order chi connectivity index (χ0) is 101. The number of pyridine rings is 1. The Labute approximate surface area is 823 Å². The number of aliphatic imine (C=N–C) groups is 3. The molecule has 4 aromatic heterocycles. The van der Waals surface area contributed by atoms with Crippen LogP contribution in [0, 0.1) is 21.7 Å². The summed E-state index contributed by atoms with van der Waals surface area (Å²) in [6.45, 7) is 50.8. The van der Waals surface area contributed by atoms with Gasteiger partial charge in [0.05, 0.1) is 56.7 Å². The maximum absolute atomic E-state index is 12.1. The van der Waals surface area contributed by atoms with E-state index in [9.17, 15) is 38.7 Å². The standard InChI is InChI=1S/C33H16N8.C17H18N2O2.C14H20N2O2.C14H8O2.C14H10O.C12H16N2O.3C5H12/c1-2-10-18-17(9-1)25-34-27-19-11-3-4-12-20(19)29-36-31-23-15-7-8-16-24(23)32-37-30-22-14-6-5-13-21(22)28-35-26(18)38(25)33(39(27)29,40(28)30)41(31)32;1-17(2,3)13-8-7-11-5-4-6-12(16(11)18-13)19-14(20)9-10-15(19)21;1-13(2,3)9-7-8(12(18)15-9)10(14(4,5)6)16-11(7)17;15-13-9-5-1-2-6-10(9)14(16)12-8-4-3-7-11(12)13;15-14-12-7-3-1-5-10(12)9-11-6-2-4-8-13(11)14;1-12(2,3)14-9-5-4-8-6-11(15)13-10(8)7-9;3*1-5(2,3)4/h1-16H;4-8H,9-10H2,1-3H3;15,18H,1-6H3;1-8H;1-8H,9H2;4-5,7,14H,6H2,1-3H3,(H,13,15);3*1-4H3/q+2;;;;;;;;. The van der Waals surface area contributed by atoms with Gasteiger partial charge in [0.25, 0.3) is 29.2 Å². The van der Waals surface area contributed by atoms with Crippen molar-refractivity contribution in [1.29, 1.82) is 0 Å². The predicted octanol–water partition coefficient (Wildman–Crippen LogP) is 23.7. The summed E-state index contributed by atoms with van der Waals surface area (Å²) in [5, 5.41) is 21.6. The normalized spacial score (nSPS) is 15.5. The third-order valence-electron chi connectivity index (χ3n) is 24.2. The number of fused-ring (bicyclic) bond motifs is 19. The quantitative estimate of drug-likeness (QED) is 0.0938. The number of para-hydroxylation sites is 1. The highest BCUT2D eigenvalue weighted by Gasteiger charge is 2.69. The SMILES string of the molecule is CC(C)(C)C.CC(C)(C)C.CC(C)(C)C.CC(C)(C)C1=NC(=O)c2c(C(C)(C)C)[nH]c(O)c21.CC(C)(C)Nc1ccc2c(c1)NC(=O)C2.CC(C)(C)c1ccc2cccc(N3C(=O)CCC3=O)c2n1.O=C1c2ccccc2C(=O)c2ccccc21.O=C1c2ccccc2Cc2ccccc21.c1ccc2c(c1)C1=Nc3c4ccccc4c4n3C35n6c(c7ccccc7c6=NC6=[N+]3C(=N4)c3ccccc36)=NC2=[N+]15. The molecule has 0 saturated carbocycles. The molecule has 4 N–H and O–H groups in total. The molecule has 9 aliphatic heterocycles. The van der Waals surface area contributed by atoms with E-state index in [0.29, 0.717) is 73.0 Å². The zero-order valence-electron chi connectivity index (χ0n) is 85.1. The van der Waals surface area contributed by atoms with Crippen LogP contribution in [0.15, 0.2) is 268 Å². The van der Waals surface area contributed by atoms with Gasteiger partial charge in [-0.2, -0.15) is 9.13 Å². The van der Waals surface area contributed by atoms with Crippen molar-refractivity contribution >= 4 is 131 Å². The Balaban J connectivity index is 0.000000119. The van der Waals surface area contributed by atoms with Gasteiger partial charge in [-0.05, 0) is 133 Å². The predicted molar refractivity (Wildman–Crippen MR) is 564 cm³/mol. The highest BCUT2D eigenvalue weighted by atomic mass is 16.3. The molecular formula is C119H124N14O8+2. The van der Waals surface area contributed by atoms with E-state index in [-0.39, 0.29) is 81.5 Å². The summed E-state index contributed by atoms with van der Waals surface area (Å²) in [4.78, 5) is 118. The van der Waals surface area contributed by atoms with Crippen LogP contribution in [-0.2, 0) is 44.0 Å². The molecule has 4 amide bonds. The molecule has 0 radical (unpaired) electrons. The van der Waals surface area contributed by atoms with E-state index < -0.39 is 5.91 Å². The number of aromatic nitrogens is 4. The average molecular weight is 1880 g/mol. The van der Waals surface area contributed by atoms with E-state index in [2.05, 4.69) is 261 Å². The molecule has 716 valence electrons. The third kappa shape index (κ3) is 18.8. The van der Waals surface area contributed by atoms with Crippen LogP contribution in [0.5, 0.6) is 5.88 Å². The van der Waals surface area contributed by atoms with Crippen LogP contribution in [0.2, 0.25) is 0 Å². The van der Waals surface area contributed by atoms with Gasteiger partial charge in [0, 0.05) is 118 Å². The minimum Gasteiger partial charge on any atom is -0.494 e. The molecule has 1 saturated heterocycles.